The van der Waals surface area contributed by atoms with Gasteiger partial charge in [0.2, 0.25) is 0 Å². The van der Waals surface area contributed by atoms with Gasteiger partial charge in [0.1, 0.15) is 7.38 Å². The smallest absolute Gasteiger partial charge is 0.150 e. The zero-order valence-electron chi connectivity index (χ0n) is 5.00. The van der Waals surface area contributed by atoms with Crippen molar-refractivity contribution in [2.24, 2.45) is 0 Å². The lowest BCUT2D eigenvalue weighted by Gasteiger charge is -2.08. The molecule has 0 fully saturated rings. The average molecular weight is 136 g/mol. The molecule has 0 saturated carbocycles. The Morgan fingerprint density at radius 1 is 1.57 bits per heavy atom. The molecule has 0 aliphatic heterocycles. The van der Waals surface area contributed by atoms with Crippen LogP contribution in [0, 0.1) is 6.92 Å². The van der Waals surface area contributed by atoms with Crippen LogP contribution in [0.5, 0.6) is 0 Å². The molecule has 0 saturated heterocycles. The first-order valence-electron chi connectivity index (χ1n) is 2.54. The molecule has 7 heavy (non-hydrogen) atoms. The van der Waals surface area contributed by atoms with Crippen LogP contribution in [0.25, 0.3) is 0 Å². The van der Waals surface area contributed by atoms with Gasteiger partial charge in [-0.3, -0.25) is 0 Å². The first kappa shape index (κ1) is 7.51. The van der Waals surface area contributed by atoms with Crippen molar-refractivity contribution in [2.45, 2.75) is 25.6 Å². The molecule has 0 aliphatic carbocycles. The van der Waals surface area contributed by atoms with Gasteiger partial charge in [-0.25, -0.2) is 0 Å². The second kappa shape index (κ2) is 2.73. The lowest BCUT2D eigenvalue weighted by atomic mass is 10.6. The van der Waals surface area contributed by atoms with Crippen molar-refractivity contribution in [2.75, 3.05) is 0 Å². The van der Waals surface area contributed by atoms with Gasteiger partial charge in [-0.15, -0.1) is 0 Å². The molecular formula is C5H12ClSi. The van der Waals surface area contributed by atoms with Crippen molar-refractivity contribution in [1.82, 2.24) is 0 Å². The van der Waals surface area contributed by atoms with Crippen molar-refractivity contribution in [3.63, 3.8) is 0 Å². The lowest BCUT2D eigenvalue weighted by molar-refractivity contribution is 1.18. The van der Waals surface area contributed by atoms with Gasteiger partial charge in [-0.05, 0) is 6.04 Å². The minimum Gasteiger partial charge on any atom is -0.168 e. The summed E-state index contributed by atoms with van der Waals surface area (Å²) in [4.78, 5) is 0. The Labute approximate surface area is 51.6 Å². The fourth-order valence-corrected chi connectivity index (χ4v) is 1.66. The third kappa shape index (κ3) is 6.51. The zero-order valence-corrected chi connectivity index (χ0v) is 6.76. The summed E-state index contributed by atoms with van der Waals surface area (Å²) in [5.74, 6) is 0. The topological polar surface area (TPSA) is 0 Å². The number of rotatable bonds is 2. The van der Waals surface area contributed by atoms with Crippen LogP contribution < -0.4 is 0 Å². The maximum absolute atomic E-state index is 5.93. The van der Waals surface area contributed by atoms with E-state index in [-0.39, 0.29) is 0 Å². The summed E-state index contributed by atoms with van der Waals surface area (Å²) in [5, 5.41) is 0. The summed E-state index contributed by atoms with van der Waals surface area (Å²) < 4.78 is 0. The van der Waals surface area contributed by atoms with Crippen LogP contribution in [0.15, 0.2) is 0 Å². The Hall–Kier alpha value is 0.507. The molecule has 0 bridgehead atoms. The van der Waals surface area contributed by atoms with Gasteiger partial charge in [0.05, 0.1) is 0 Å². The first-order valence-corrected chi connectivity index (χ1v) is 6.76. The number of hydrogen-bond donors (Lipinski definition) is 0. The highest BCUT2D eigenvalue weighted by Crippen LogP contribution is 2.14. The summed E-state index contributed by atoms with van der Waals surface area (Å²) in [7, 11) is -1.25. The lowest BCUT2D eigenvalue weighted by Crippen LogP contribution is -2.14. The second-order valence-corrected chi connectivity index (χ2v) is 9.33. The SMILES string of the molecule is [CH2]CC[Si](C)(C)Cl. The van der Waals surface area contributed by atoms with Crippen LogP contribution >= 0.6 is 11.1 Å². The Morgan fingerprint density at radius 2 is 2.00 bits per heavy atom. The van der Waals surface area contributed by atoms with Crippen LogP contribution in [0.3, 0.4) is 0 Å². The Morgan fingerprint density at radius 3 is 2.00 bits per heavy atom. The summed E-state index contributed by atoms with van der Waals surface area (Å²) in [6.07, 6.45) is 0.989. The van der Waals surface area contributed by atoms with E-state index in [4.69, 9.17) is 11.1 Å². The van der Waals surface area contributed by atoms with Gasteiger partial charge in [-0.1, -0.05) is 26.4 Å². The van der Waals surface area contributed by atoms with E-state index < -0.39 is 7.38 Å². The van der Waals surface area contributed by atoms with Gasteiger partial charge in [0, 0.05) is 0 Å². The van der Waals surface area contributed by atoms with Crippen molar-refractivity contribution in [3.8, 4) is 0 Å². The first-order chi connectivity index (χ1) is 3.06. The van der Waals surface area contributed by atoms with Crippen molar-refractivity contribution in [3.05, 3.63) is 6.92 Å². The fourth-order valence-electron chi connectivity index (χ4n) is 0.420. The van der Waals surface area contributed by atoms with Gasteiger partial charge >= 0.3 is 0 Å². The molecule has 0 amide bonds. The van der Waals surface area contributed by atoms with E-state index in [1.54, 1.807) is 0 Å². The van der Waals surface area contributed by atoms with E-state index in [1.807, 2.05) is 0 Å². The van der Waals surface area contributed by atoms with E-state index in [9.17, 15) is 0 Å². The van der Waals surface area contributed by atoms with Gasteiger partial charge in [0.15, 0.2) is 0 Å². The van der Waals surface area contributed by atoms with Crippen LogP contribution in [-0.4, -0.2) is 7.38 Å². The molecule has 0 aliphatic rings. The maximum Gasteiger partial charge on any atom is 0.150 e. The maximum atomic E-state index is 5.93. The molecule has 2 heteroatoms. The molecule has 1 radical (unpaired) electrons. The van der Waals surface area contributed by atoms with Crippen LogP contribution in [0.1, 0.15) is 6.42 Å². The van der Waals surface area contributed by atoms with Crippen LogP contribution in [-0.2, 0) is 0 Å². The molecule has 0 rings (SSSR count). The molecular weight excluding hydrogens is 124 g/mol. The molecule has 0 spiro atoms. The predicted molar refractivity (Wildman–Crippen MR) is 38.1 cm³/mol. The molecule has 0 N–H and O–H groups in total. The van der Waals surface area contributed by atoms with Crippen molar-refractivity contribution in [1.29, 1.82) is 0 Å². The molecule has 0 aromatic heterocycles. The second-order valence-electron chi connectivity index (χ2n) is 2.32. The Balaban J connectivity index is 3.15. The Kier molecular flexibility index (Phi) is 2.92. The van der Waals surface area contributed by atoms with E-state index in [2.05, 4.69) is 20.0 Å². The molecule has 43 valence electrons. The Bertz CT molecular complexity index is 46.5. The summed E-state index contributed by atoms with van der Waals surface area (Å²) in [5.41, 5.74) is 0. The normalized spacial score (nSPS) is 12.0. The largest absolute Gasteiger partial charge is 0.168 e. The highest BCUT2D eigenvalue weighted by Gasteiger charge is 2.13. The van der Waals surface area contributed by atoms with Gasteiger partial charge in [0.25, 0.3) is 0 Å². The van der Waals surface area contributed by atoms with Crippen LogP contribution in [0.4, 0.5) is 0 Å². The quantitative estimate of drug-likeness (QED) is 0.404. The average Bonchev–Trinajstić information content (AvgIpc) is 1.30. The monoisotopic (exact) mass is 135 g/mol. The molecule has 0 nitrogen and oxygen atoms in total. The minimum atomic E-state index is -1.25. The fraction of sp³-hybridized carbons (Fsp3) is 0.800. The highest BCUT2D eigenvalue weighted by atomic mass is 35.6. The van der Waals surface area contributed by atoms with Gasteiger partial charge in [-0.2, -0.15) is 11.1 Å². The molecule has 0 aromatic rings. The zero-order chi connectivity index (χ0) is 5.91. The van der Waals surface area contributed by atoms with E-state index in [0.29, 0.717) is 0 Å². The van der Waals surface area contributed by atoms with Crippen molar-refractivity contribution >= 4 is 18.5 Å². The van der Waals surface area contributed by atoms with E-state index >= 15 is 0 Å². The summed E-state index contributed by atoms with van der Waals surface area (Å²) >= 11 is 5.93. The molecule has 0 heterocycles. The standard InChI is InChI=1S/C5H12ClSi/c1-4-5-7(2,3)6/h1,4-5H2,2-3H3. The highest BCUT2D eigenvalue weighted by molar-refractivity contribution is 7.19. The van der Waals surface area contributed by atoms with Gasteiger partial charge < -0.3 is 0 Å². The number of halogens is 1. The number of hydrogen-bond acceptors (Lipinski definition) is 0. The predicted octanol–water partition coefficient (Wildman–Crippen LogP) is 2.65. The van der Waals surface area contributed by atoms with E-state index in [0.717, 1.165) is 12.5 Å². The summed E-state index contributed by atoms with van der Waals surface area (Å²) in [6, 6.07) is 1.13. The van der Waals surface area contributed by atoms with Crippen LogP contribution in [0.2, 0.25) is 19.1 Å². The van der Waals surface area contributed by atoms with E-state index in [1.165, 1.54) is 0 Å². The molecule has 0 unspecified atom stereocenters. The molecule has 0 atom stereocenters. The third-order valence-corrected chi connectivity index (χ3v) is 2.88. The van der Waals surface area contributed by atoms with Crippen molar-refractivity contribution < 1.29 is 0 Å². The summed E-state index contributed by atoms with van der Waals surface area (Å²) in [6.45, 7) is 8.00. The minimum absolute atomic E-state index is 0.989. The third-order valence-electron chi connectivity index (χ3n) is 0.771. The molecule has 0 aromatic carbocycles.